The normalized spacial score (nSPS) is 15.8. The fourth-order valence-corrected chi connectivity index (χ4v) is 7.86. The molecule has 0 atom stereocenters. The highest BCUT2D eigenvalue weighted by Crippen LogP contribution is 2.54. The fourth-order valence-electron chi connectivity index (χ4n) is 2.62. The van der Waals surface area contributed by atoms with Crippen molar-refractivity contribution in [2.75, 3.05) is 0 Å². The maximum absolute atomic E-state index is 6.65. The summed E-state index contributed by atoms with van der Waals surface area (Å²) in [6.45, 7) is 26.3. The first-order valence-corrected chi connectivity index (χ1v) is 9.13. The summed E-state index contributed by atoms with van der Waals surface area (Å²) in [5.41, 5.74) is -0.393. The molecule has 0 bridgehead atoms. The van der Waals surface area contributed by atoms with Gasteiger partial charge in [-0.1, -0.05) is 41.5 Å². The molecule has 0 aliphatic rings. The van der Waals surface area contributed by atoms with Crippen LogP contribution in [0.4, 0.5) is 0 Å². The molecule has 19 heavy (non-hydrogen) atoms. The minimum absolute atomic E-state index is 0.00576. The molecule has 0 amide bonds. The van der Waals surface area contributed by atoms with Gasteiger partial charge in [0, 0.05) is 10.1 Å². The van der Waals surface area contributed by atoms with E-state index in [1.54, 1.807) is 0 Å². The highest BCUT2D eigenvalue weighted by Gasteiger charge is 2.61. The van der Waals surface area contributed by atoms with Crippen LogP contribution in [0.25, 0.3) is 0 Å². The molecule has 0 saturated heterocycles. The van der Waals surface area contributed by atoms with Crippen LogP contribution in [0.5, 0.6) is 0 Å². The molecule has 0 aliphatic carbocycles. The van der Waals surface area contributed by atoms with E-state index in [4.69, 9.17) is 8.85 Å². The zero-order valence-corrected chi connectivity index (χ0v) is 16.3. The first-order chi connectivity index (χ1) is 7.91. The zero-order chi connectivity index (χ0) is 15.9. The lowest BCUT2D eigenvalue weighted by atomic mass is 10.2. The van der Waals surface area contributed by atoms with E-state index < -0.39 is 8.56 Å². The third-order valence-corrected chi connectivity index (χ3v) is 8.62. The molecule has 116 valence electrons. The van der Waals surface area contributed by atoms with Gasteiger partial charge in [-0.05, 0) is 41.5 Å². The molecule has 0 saturated carbocycles. The van der Waals surface area contributed by atoms with E-state index in [0.29, 0.717) is 0 Å². The summed E-state index contributed by atoms with van der Waals surface area (Å²) in [4.78, 5) is 0. The second-order valence-corrected chi connectivity index (χ2v) is 14.2. The second-order valence-electron chi connectivity index (χ2n) is 9.55. The summed E-state index contributed by atoms with van der Waals surface area (Å²) in [6.07, 6.45) is 0. The maximum Gasteiger partial charge on any atom is 0.350 e. The van der Waals surface area contributed by atoms with E-state index in [1.165, 1.54) is 0 Å². The van der Waals surface area contributed by atoms with Crippen LogP contribution in [0, 0.1) is 0 Å². The molecule has 0 radical (unpaired) electrons. The Morgan fingerprint density at radius 2 is 0.684 bits per heavy atom. The van der Waals surface area contributed by atoms with E-state index in [1.807, 2.05) is 0 Å². The lowest BCUT2D eigenvalue weighted by Crippen LogP contribution is -2.62. The van der Waals surface area contributed by atoms with Gasteiger partial charge >= 0.3 is 8.56 Å². The quantitative estimate of drug-likeness (QED) is 0.610. The summed E-state index contributed by atoms with van der Waals surface area (Å²) >= 11 is 0. The van der Waals surface area contributed by atoms with Crippen molar-refractivity contribution in [1.29, 1.82) is 0 Å². The molecule has 2 nitrogen and oxygen atoms in total. The van der Waals surface area contributed by atoms with Crippen molar-refractivity contribution < 1.29 is 8.85 Å². The third-order valence-electron chi connectivity index (χ3n) is 2.87. The fraction of sp³-hybridized carbons (Fsp3) is 1.00. The molecule has 0 heterocycles. The van der Waals surface area contributed by atoms with Gasteiger partial charge in [0.1, 0.15) is 0 Å². The van der Waals surface area contributed by atoms with Gasteiger partial charge in [0.15, 0.2) is 0 Å². The molecule has 0 unspecified atom stereocenters. The Hall–Kier alpha value is 0.137. The Morgan fingerprint density at radius 3 is 0.789 bits per heavy atom. The summed E-state index contributed by atoms with van der Waals surface area (Å²) in [7, 11) is -2.47. The van der Waals surface area contributed by atoms with Crippen LogP contribution >= 0.6 is 0 Å². The van der Waals surface area contributed by atoms with E-state index in [0.717, 1.165) is 0 Å². The number of rotatable bonds is 2. The average Bonchev–Trinajstić information content (AvgIpc) is 1.91. The van der Waals surface area contributed by atoms with E-state index >= 15 is 0 Å². The smallest absolute Gasteiger partial charge is 0.350 e. The van der Waals surface area contributed by atoms with Crippen molar-refractivity contribution >= 4 is 8.56 Å². The Morgan fingerprint density at radius 1 is 0.474 bits per heavy atom. The van der Waals surface area contributed by atoms with Crippen molar-refractivity contribution in [3.8, 4) is 0 Å². The van der Waals surface area contributed by atoms with Gasteiger partial charge in [0.25, 0.3) is 0 Å². The van der Waals surface area contributed by atoms with Gasteiger partial charge in [0.05, 0.1) is 11.2 Å². The molecule has 0 aromatic rings. The monoisotopic (exact) mass is 288 g/mol. The van der Waals surface area contributed by atoms with Crippen LogP contribution in [0.15, 0.2) is 0 Å². The van der Waals surface area contributed by atoms with Crippen LogP contribution in [-0.2, 0) is 8.85 Å². The molecule has 0 rings (SSSR count). The topological polar surface area (TPSA) is 18.5 Å². The van der Waals surface area contributed by atoms with Gasteiger partial charge in [-0.15, -0.1) is 0 Å². The van der Waals surface area contributed by atoms with Crippen molar-refractivity contribution in [1.82, 2.24) is 0 Å². The van der Waals surface area contributed by atoms with Crippen LogP contribution in [0.2, 0.25) is 10.1 Å². The van der Waals surface area contributed by atoms with Gasteiger partial charge in [-0.3, -0.25) is 0 Å². The van der Waals surface area contributed by atoms with Crippen molar-refractivity contribution in [2.45, 2.75) is 104 Å². The summed E-state index contributed by atoms with van der Waals surface area (Å²) in [5.74, 6) is 0. The molecule has 0 aliphatic heterocycles. The molecule has 0 N–H and O–H groups in total. The Bertz CT molecular complexity index is 263. The van der Waals surface area contributed by atoms with E-state index in [-0.39, 0.29) is 21.3 Å². The van der Waals surface area contributed by atoms with Crippen molar-refractivity contribution in [2.24, 2.45) is 0 Å². The molecule has 0 fully saturated rings. The second kappa shape index (κ2) is 5.16. The minimum atomic E-state index is -2.47. The molecule has 0 aromatic carbocycles. The standard InChI is InChI=1S/C16H36O2Si/c1-13(2,3)17-19(15(7,8)9,16(10,11)12)18-14(4,5)6/h1-12H3. The molecule has 3 heteroatoms. The molecular weight excluding hydrogens is 252 g/mol. The predicted molar refractivity (Wildman–Crippen MR) is 86.9 cm³/mol. The number of hydrogen-bond acceptors (Lipinski definition) is 2. The molecule has 0 aromatic heterocycles. The largest absolute Gasteiger partial charge is 0.389 e. The third kappa shape index (κ3) is 5.20. The van der Waals surface area contributed by atoms with E-state index in [9.17, 15) is 0 Å². The lowest BCUT2D eigenvalue weighted by molar-refractivity contribution is -0.00928. The zero-order valence-electron chi connectivity index (χ0n) is 15.3. The van der Waals surface area contributed by atoms with Crippen molar-refractivity contribution in [3.05, 3.63) is 0 Å². The Kier molecular flexibility index (Phi) is 5.19. The highest BCUT2D eigenvalue weighted by atomic mass is 28.4. The van der Waals surface area contributed by atoms with E-state index in [2.05, 4.69) is 83.1 Å². The molecule has 0 spiro atoms. The first kappa shape index (κ1) is 19.1. The Labute approximate surface area is 122 Å². The molecular formula is C16H36O2Si. The Balaban J connectivity index is 5.91. The first-order valence-electron chi connectivity index (χ1n) is 7.32. The van der Waals surface area contributed by atoms with Gasteiger partial charge in [0.2, 0.25) is 0 Å². The van der Waals surface area contributed by atoms with Crippen molar-refractivity contribution in [3.63, 3.8) is 0 Å². The summed E-state index contributed by atoms with van der Waals surface area (Å²) in [6, 6.07) is 0. The maximum atomic E-state index is 6.65. The summed E-state index contributed by atoms with van der Waals surface area (Å²) < 4.78 is 13.3. The van der Waals surface area contributed by atoms with Gasteiger partial charge in [-0.25, -0.2) is 0 Å². The summed E-state index contributed by atoms with van der Waals surface area (Å²) in [5, 5.41) is 0.0115. The van der Waals surface area contributed by atoms with Crippen LogP contribution in [0.3, 0.4) is 0 Å². The van der Waals surface area contributed by atoms with Crippen LogP contribution < -0.4 is 0 Å². The van der Waals surface area contributed by atoms with Crippen LogP contribution in [0.1, 0.15) is 83.1 Å². The minimum Gasteiger partial charge on any atom is -0.389 e. The van der Waals surface area contributed by atoms with Gasteiger partial charge in [-0.2, -0.15) is 0 Å². The number of hydrogen-bond donors (Lipinski definition) is 0. The lowest BCUT2D eigenvalue weighted by Gasteiger charge is -2.54. The highest BCUT2D eigenvalue weighted by molar-refractivity contribution is 6.73. The van der Waals surface area contributed by atoms with Gasteiger partial charge < -0.3 is 8.85 Å². The average molecular weight is 289 g/mol. The van der Waals surface area contributed by atoms with Crippen LogP contribution in [-0.4, -0.2) is 19.8 Å². The predicted octanol–water partition coefficient (Wildman–Crippen LogP) is 5.66. The SMILES string of the molecule is CC(C)(C)O[Si](OC(C)(C)C)(C(C)(C)C)C(C)(C)C.